The van der Waals surface area contributed by atoms with Gasteiger partial charge >= 0.3 is 0 Å². The highest BCUT2D eigenvalue weighted by molar-refractivity contribution is 6.30. The van der Waals surface area contributed by atoms with Gasteiger partial charge in [-0.25, -0.2) is 14.6 Å². The molecule has 9 heteroatoms. The number of imidazole rings is 1. The van der Waals surface area contributed by atoms with Gasteiger partial charge in [0, 0.05) is 36.3 Å². The third-order valence-corrected chi connectivity index (χ3v) is 7.60. The van der Waals surface area contributed by atoms with Crippen LogP contribution in [0.5, 0.6) is 11.6 Å². The number of nitrogens with zero attached hydrogens (tertiary/aromatic N) is 5. The Balaban J connectivity index is 1.49. The Morgan fingerprint density at radius 3 is 2.34 bits per heavy atom. The van der Waals surface area contributed by atoms with Gasteiger partial charge < -0.3 is 19.1 Å². The van der Waals surface area contributed by atoms with Crippen LogP contribution in [0.25, 0.3) is 16.6 Å². The van der Waals surface area contributed by atoms with Gasteiger partial charge in [0.1, 0.15) is 5.75 Å². The van der Waals surface area contributed by atoms with Crippen LogP contribution in [0.2, 0.25) is 5.02 Å². The average Bonchev–Trinajstić information content (AvgIpc) is 3.69. The highest BCUT2D eigenvalue weighted by atomic mass is 35.5. The molecule has 3 heterocycles. The molecule has 1 unspecified atom stereocenters. The molecule has 0 saturated heterocycles. The molecule has 41 heavy (non-hydrogen) atoms. The van der Waals surface area contributed by atoms with Gasteiger partial charge in [0.15, 0.2) is 5.60 Å². The number of methoxy groups -OCH3 is 2. The number of aliphatic hydroxyl groups is 1. The maximum atomic E-state index is 12.4. The molecule has 3 aromatic heterocycles. The highest BCUT2D eigenvalue weighted by Crippen LogP contribution is 2.42. The van der Waals surface area contributed by atoms with Gasteiger partial charge in [0.05, 0.1) is 49.2 Å². The number of hydrogen-bond donors (Lipinski definition) is 1. The lowest BCUT2D eigenvalue weighted by Gasteiger charge is -2.30. The van der Waals surface area contributed by atoms with Crippen molar-refractivity contribution in [3.8, 4) is 17.3 Å². The molecule has 0 saturated carbocycles. The normalized spacial score (nSPS) is 12.8. The van der Waals surface area contributed by atoms with Crippen LogP contribution in [0.3, 0.4) is 0 Å². The molecular formula is C32H28ClN5O3. The van der Waals surface area contributed by atoms with E-state index in [0.717, 1.165) is 22.2 Å². The van der Waals surface area contributed by atoms with Gasteiger partial charge in [-0.05, 0) is 59.2 Å². The summed E-state index contributed by atoms with van der Waals surface area (Å²) in [5, 5.41) is 18.1. The minimum atomic E-state index is -1.52. The predicted molar refractivity (Wildman–Crippen MR) is 158 cm³/mol. The summed E-state index contributed by atoms with van der Waals surface area (Å²) in [7, 11) is 5.10. The first-order valence-corrected chi connectivity index (χ1v) is 13.4. The molecule has 0 amide bonds. The fourth-order valence-electron chi connectivity index (χ4n) is 5.29. The van der Waals surface area contributed by atoms with Crippen molar-refractivity contribution in [2.75, 3.05) is 14.2 Å². The number of aryl methyl sites for hydroxylation is 1. The topological polar surface area (TPSA) is 87.2 Å². The first-order valence-electron chi connectivity index (χ1n) is 13.0. The molecule has 1 N–H and O–H groups in total. The maximum Gasteiger partial charge on any atom is 0.220 e. The quantitative estimate of drug-likeness (QED) is 0.255. The summed E-state index contributed by atoms with van der Waals surface area (Å²) in [6.07, 6.45) is 7.52. The van der Waals surface area contributed by atoms with E-state index >= 15 is 0 Å². The molecular weight excluding hydrogens is 538 g/mol. The largest absolute Gasteiger partial charge is 0.496 e. The molecule has 1 atom stereocenters. The second-order valence-corrected chi connectivity index (χ2v) is 10.2. The molecule has 6 rings (SSSR count). The van der Waals surface area contributed by atoms with E-state index in [-0.39, 0.29) is 0 Å². The molecule has 206 valence electrons. The Kier molecular flexibility index (Phi) is 6.95. The van der Waals surface area contributed by atoms with Crippen LogP contribution in [0, 0.1) is 0 Å². The smallest absolute Gasteiger partial charge is 0.220 e. The van der Waals surface area contributed by atoms with Crippen LogP contribution in [-0.2, 0) is 19.1 Å². The van der Waals surface area contributed by atoms with Gasteiger partial charge in [-0.1, -0.05) is 41.9 Å². The van der Waals surface area contributed by atoms with Crippen LogP contribution in [0.4, 0.5) is 0 Å². The number of pyridine rings is 1. The maximum absolute atomic E-state index is 12.4. The zero-order valence-corrected chi connectivity index (χ0v) is 23.6. The Morgan fingerprint density at radius 2 is 1.71 bits per heavy atom. The number of hydrogen-bond acceptors (Lipinski definition) is 6. The van der Waals surface area contributed by atoms with E-state index in [1.54, 1.807) is 49.6 Å². The number of fused-ring (bicyclic) bond motifs is 1. The van der Waals surface area contributed by atoms with Gasteiger partial charge in [0.25, 0.3) is 0 Å². The first-order chi connectivity index (χ1) is 19.9. The lowest BCUT2D eigenvalue weighted by Crippen LogP contribution is -2.31. The summed E-state index contributed by atoms with van der Waals surface area (Å²) in [6.45, 7) is 0. The van der Waals surface area contributed by atoms with Gasteiger partial charge in [-0.15, -0.1) is 0 Å². The number of rotatable bonds is 8. The van der Waals surface area contributed by atoms with Crippen molar-refractivity contribution < 1.29 is 14.6 Å². The second kappa shape index (κ2) is 10.7. The summed E-state index contributed by atoms with van der Waals surface area (Å²) >= 11 is 6.19. The van der Waals surface area contributed by atoms with E-state index in [1.807, 2.05) is 66.5 Å². The molecule has 0 fully saturated rings. The first kappa shape index (κ1) is 26.6. The van der Waals surface area contributed by atoms with E-state index in [4.69, 9.17) is 26.1 Å². The lowest BCUT2D eigenvalue weighted by molar-refractivity contribution is 0.117. The van der Waals surface area contributed by atoms with Crippen LogP contribution in [0.1, 0.15) is 27.9 Å². The van der Waals surface area contributed by atoms with Gasteiger partial charge in [-0.3, -0.25) is 0 Å². The summed E-state index contributed by atoms with van der Waals surface area (Å²) in [6, 6.07) is 22.9. The average molecular weight is 566 g/mol. The fraction of sp³-hybridized carbons (Fsp3) is 0.156. The van der Waals surface area contributed by atoms with E-state index in [9.17, 15) is 5.11 Å². The summed E-state index contributed by atoms with van der Waals surface area (Å²) < 4.78 is 15.4. The van der Waals surface area contributed by atoms with Gasteiger partial charge in [0.2, 0.25) is 5.88 Å². The molecule has 8 nitrogen and oxygen atoms in total. The Hall–Kier alpha value is -4.66. The standard InChI is InChI=1S/C32H28ClN5O3/c1-37-20-34-19-29(37)32(39,22-7-10-24(33)11-8-22)23-9-14-28-26(18-23)30(40-2)27(31(36-28)41-3)17-21-5-12-25(13-6-21)38-16-4-15-35-38/h4-16,18-20,39H,17H2,1-3H3. The predicted octanol–water partition coefficient (Wildman–Crippen LogP) is 5.70. The molecule has 0 aliphatic rings. The Morgan fingerprint density at radius 1 is 0.951 bits per heavy atom. The molecule has 0 aliphatic carbocycles. The molecule has 0 bridgehead atoms. The van der Waals surface area contributed by atoms with Crippen molar-refractivity contribution >= 4 is 22.5 Å². The monoisotopic (exact) mass is 565 g/mol. The van der Waals surface area contributed by atoms with Crippen molar-refractivity contribution in [1.82, 2.24) is 24.3 Å². The second-order valence-electron chi connectivity index (χ2n) is 9.77. The van der Waals surface area contributed by atoms with E-state index < -0.39 is 5.60 Å². The van der Waals surface area contributed by atoms with Crippen LogP contribution in [0.15, 0.2) is 97.7 Å². The van der Waals surface area contributed by atoms with Crippen LogP contribution in [-0.4, -0.2) is 43.6 Å². The SMILES string of the molecule is COc1nc2ccc(C(O)(c3ccc(Cl)cc3)c3cncn3C)cc2c(OC)c1Cc1ccc(-n2cccn2)cc1. The zero-order valence-electron chi connectivity index (χ0n) is 22.8. The highest BCUT2D eigenvalue weighted by Gasteiger charge is 2.37. The summed E-state index contributed by atoms with van der Waals surface area (Å²) in [5.41, 5.74) is 3.90. The number of halogens is 1. The zero-order chi connectivity index (χ0) is 28.6. The molecule has 6 aromatic rings. The lowest BCUT2D eigenvalue weighted by atomic mass is 9.83. The number of benzene rings is 3. The minimum Gasteiger partial charge on any atom is -0.496 e. The summed E-state index contributed by atoms with van der Waals surface area (Å²) in [4.78, 5) is 9.09. The fourth-order valence-corrected chi connectivity index (χ4v) is 5.41. The van der Waals surface area contributed by atoms with Gasteiger partial charge in [-0.2, -0.15) is 5.10 Å². The van der Waals surface area contributed by atoms with Crippen molar-refractivity contribution in [3.05, 3.63) is 131 Å². The summed E-state index contributed by atoms with van der Waals surface area (Å²) in [5.74, 6) is 1.12. The molecule has 3 aromatic carbocycles. The van der Waals surface area contributed by atoms with Crippen molar-refractivity contribution in [2.24, 2.45) is 7.05 Å². The van der Waals surface area contributed by atoms with E-state index in [2.05, 4.69) is 22.2 Å². The van der Waals surface area contributed by atoms with Crippen LogP contribution >= 0.6 is 11.6 Å². The Bertz CT molecular complexity index is 1820. The molecule has 0 radical (unpaired) electrons. The van der Waals surface area contributed by atoms with E-state index in [0.29, 0.717) is 45.4 Å². The number of aromatic nitrogens is 5. The van der Waals surface area contributed by atoms with Crippen LogP contribution < -0.4 is 9.47 Å². The number of ether oxygens (including phenoxy) is 2. The van der Waals surface area contributed by atoms with Crippen molar-refractivity contribution in [1.29, 1.82) is 0 Å². The Labute approximate surface area is 242 Å². The van der Waals surface area contributed by atoms with Crippen molar-refractivity contribution in [2.45, 2.75) is 12.0 Å². The van der Waals surface area contributed by atoms with Crippen molar-refractivity contribution in [3.63, 3.8) is 0 Å². The molecule has 0 spiro atoms. The third kappa shape index (κ3) is 4.71. The van der Waals surface area contributed by atoms with E-state index in [1.165, 1.54) is 0 Å². The minimum absolute atomic E-state index is 0.484. The molecule has 0 aliphatic heterocycles. The third-order valence-electron chi connectivity index (χ3n) is 7.35.